The fourth-order valence-corrected chi connectivity index (χ4v) is 5.97. The van der Waals surface area contributed by atoms with E-state index in [2.05, 4.69) is 32.9 Å². The van der Waals surface area contributed by atoms with E-state index in [9.17, 15) is 18.0 Å². The lowest BCUT2D eigenvalue weighted by Gasteiger charge is -2.33. The number of alkyl halides is 3. The number of anilines is 2. The average molecular weight is 573 g/mol. The molecular weight excluding hydrogens is 541 g/mol. The van der Waals surface area contributed by atoms with Crippen LogP contribution in [0.3, 0.4) is 0 Å². The van der Waals surface area contributed by atoms with Crippen molar-refractivity contribution in [3.05, 3.63) is 47.2 Å². The van der Waals surface area contributed by atoms with Crippen molar-refractivity contribution in [3.63, 3.8) is 0 Å². The number of aromatic nitrogens is 2. The van der Waals surface area contributed by atoms with Gasteiger partial charge in [-0.15, -0.1) is 0 Å². The summed E-state index contributed by atoms with van der Waals surface area (Å²) in [6.07, 6.45) is -0.558. The fourth-order valence-electron chi connectivity index (χ4n) is 4.97. The van der Waals surface area contributed by atoms with Gasteiger partial charge in [-0.2, -0.15) is 13.9 Å². The Morgan fingerprint density at radius 3 is 2.88 bits per heavy atom. The van der Waals surface area contributed by atoms with E-state index < -0.39 is 17.5 Å². The summed E-state index contributed by atoms with van der Waals surface area (Å²) < 4.78 is 51.2. The molecule has 3 N–H and O–H groups in total. The summed E-state index contributed by atoms with van der Waals surface area (Å²) in [6.45, 7) is 1.23. The van der Waals surface area contributed by atoms with Gasteiger partial charge in [0, 0.05) is 32.1 Å². The molecule has 1 aromatic carbocycles. The number of nitrogens with zero attached hydrogens (tertiary/aromatic N) is 3. The quantitative estimate of drug-likeness (QED) is 0.381. The highest BCUT2D eigenvalue weighted by molar-refractivity contribution is 8.00. The molecule has 0 spiro atoms. The van der Waals surface area contributed by atoms with Crippen LogP contribution in [0.2, 0.25) is 0 Å². The van der Waals surface area contributed by atoms with Crippen molar-refractivity contribution in [2.45, 2.75) is 41.6 Å². The number of aryl methyl sites for hydroxylation is 1. The minimum Gasteiger partial charge on any atom is -0.495 e. The van der Waals surface area contributed by atoms with Crippen LogP contribution < -0.4 is 20.7 Å². The monoisotopic (exact) mass is 572 g/mol. The third-order valence-corrected chi connectivity index (χ3v) is 8.19. The number of carbonyl (C=O) groups excluding carboxylic acids is 1. The lowest BCUT2D eigenvalue weighted by molar-refractivity contribution is 0.0958. The van der Waals surface area contributed by atoms with Crippen LogP contribution in [0.25, 0.3) is 5.52 Å². The largest absolute Gasteiger partial charge is 0.495 e. The Labute approximate surface area is 235 Å². The summed E-state index contributed by atoms with van der Waals surface area (Å²) in [6, 6.07) is 8.17. The van der Waals surface area contributed by atoms with Crippen LogP contribution in [0.4, 0.5) is 24.7 Å². The molecule has 1 saturated heterocycles. The molecule has 0 unspecified atom stereocenters. The van der Waals surface area contributed by atoms with Gasteiger partial charge in [0.1, 0.15) is 23.4 Å². The van der Waals surface area contributed by atoms with Gasteiger partial charge in [0.15, 0.2) is 0 Å². The van der Waals surface area contributed by atoms with Gasteiger partial charge in [-0.05, 0) is 67.4 Å². The molecule has 0 aliphatic carbocycles. The Morgan fingerprint density at radius 1 is 1.30 bits per heavy atom. The third kappa shape index (κ3) is 5.81. The molecule has 2 aliphatic heterocycles. The van der Waals surface area contributed by atoms with Gasteiger partial charge in [0.25, 0.3) is 11.2 Å². The smallest absolute Gasteiger partial charge is 0.298 e. The van der Waals surface area contributed by atoms with Gasteiger partial charge in [0.2, 0.25) is 0 Å². The second-order valence-electron chi connectivity index (χ2n) is 9.89. The van der Waals surface area contributed by atoms with E-state index in [0.29, 0.717) is 58.0 Å². The number of hydrogen-bond acceptors (Lipinski definition) is 7. The standard InChI is InChI=1S/C28H31F3N6O2S/c1-32-27(38)18-6-8-23(39-3)22(15-18)33-13-4-5-21-26-25-17(10-12-28(30,31)40-26)7-9-24(37(25)35-21)34-20-11-14-36(2)16-19(20)29/h6-9,15,19-20,33-34H,10-14,16H2,1-3H3,(H,32,38)/t19-,20+/m0/s1. The third-order valence-electron chi connectivity index (χ3n) is 7.09. The zero-order chi connectivity index (χ0) is 28.4. The highest BCUT2D eigenvalue weighted by Crippen LogP contribution is 2.46. The van der Waals surface area contributed by atoms with Crippen molar-refractivity contribution in [2.24, 2.45) is 0 Å². The van der Waals surface area contributed by atoms with Crippen LogP contribution >= 0.6 is 11.8 Å². The van der Waals surface area contributed by atoms with E-state index in [0.717, 1.165) is 12.1 Å². The normalized spacial score (nSPS) is 20.2. The molecule has 2 atom stereocenters. The van der Waals surface area contributed by atoms with Crippen LogP contribution in [0.5, 0.6) is 5.75 Å². The summed E-state index contributed by atoms with van der Waals surface area (Å²) in [4.78, 5) is 14.3. The molecule has 5 rings (SSSR count). The molecular formula is C28H31F3N6O2S. The summed E-state index contributed by atoms with van der Waals surface area (Å²) in [5.41, 5.74) is 2.58. The van der Waals surface area contributed by atoms with Crippen molar-refractivity contribution < 1.29 is 22.7 Å². The van der Waals surface area contributed by atoms with Crippen molar-refractivity contribution >= 4 is 34.7 Å². The van der Waals surface area contributed by atoms with Gasteiger partial charge in [0.05, 0.1) is 35.8 Å². The zero-order valence-corrected chi connectivity index (χ0v) is 23.3. The summed E-state index contributed by atoms with van der Waals surface area (Å²) in [5.74, 6) is 6.76. The van der Waals surface area contributed by atoms with Crippen LogP contribution in [0, 0.1) is 11.8 Å². The first kappa shape index (κ1) is 28.0. The number of ether oxygens (including phenoxy) is 1. The molecule has 0 bridgehead atoms. The van der Waals surface area contributed by atoms with Crippen LogP contribution in [0.1, 0.15) is 34.5 Å². The number of piperidine rings is 1. The molecule has 8 nitrogen and oxygen atoms in total. The minimum absolute atomic E-state index is 0.152. The molecule has 212 valence electrons. The molecule has 0 radical (unpaired) electrons. The van der Waals surface area contributed by atoms with E-state index in [-0.39, 0.29) is 31.0 Å². The first-order chi connectivity index (χ1) is 19.2. The van der Waals surface area contributed by atoms with Gasteiger partial charge < -0.3 is 25.6 Å². The minimum atomic E-state index is -2.98. The van der Waals surface area contributed by atoms with Crippen LogP contribution in [0.15, 0.2) is 35.2 Å². The SMILES string of the molecule is CNC(=O)c1ccc(OC)c(NCC#Cc2nn3c(N[C@@H]4CCN(C)C[C@@H]4F)ccc4c3c2SC(F)(F)CC4)c1. The number of benzene rings is 1. The highest BCUT2D eigenvalue weighted by Gasteiger charge is 2.37. The first-order valence-electron chi connectivity index (χ1n) is 13.0. The first-order valence-corrected chi connectivity index (χ1v) is 13.8. The van der Waals surface area contributed by atoms with Gasteiger partial charge in [-0.3, -0.25) is 4.79 Å². The maximum atomic E-state index is 14.8. The number of likely N-dealkylation sites (tertiary alicyclic amines) is 1. The van der Waals surface area contributed by atoms with Crippen LogP contribution in [-0.2, 0) is 6.42 Å². The molecule has 3 aromatic rings. The summed E-state index contributed by atoms with van der Waals surface area (Å²) >= 11 is 0.472. The van der Waals surface area contributed by atoms with E-state index in [4.69, 9.17) is 4.74 Å². The zero-order valence-electron chi connectivity index (χ0n) is 22.5. The number of amides is 1. The van der Waals surface area contributed by atoms with Crippen molar-refractivity contribution in [1.82, 2.24) is 19.8 Å². The van der Waals surface area contributed by atoms with Gasteiger partial charge in [-0.25, -0.2) is 8.91 Å². The molecule has 1 fully saturated rings. The fraction of sp³-hybridized carbons (Fsp3) is 0.429. The number of thioether (sulfide) groups is 1. The Balaban J connectivity index is 1.45. The van der Waals surface area contributed by atoms with Crippen molar-refractivity contribution in [1.29, 1.82) is 0 Å². The van der Waals surface area contributed by atoms with Gasteiger partial charge >= 0.3 is 0 Å². The molecule has 1 amide bonds. The molecule has 2 aliphatic rings. The molecule has 0 saturated carbocycles. The maximum absolute atomic E-state index is 14.8. The van der Waals surface area contributed by atoms with E-state index >= 15 is 0 Å². The Morgan fingerprint density at radius 2 is 2.12 bits per heavy atom. The Kier molecular flexibility index (Phi) is 8.05. The number of halogens is 3. The Bertz CT molecular complexity index is 1480. The number of rotatable bonds is 6. The molecule has 12 heteroatoms. The molecule has 4 heterocycles. The van der Waals surface area contributed by atoms with E-state index in [1.807, 2.05) is 18.0 Å². The second-order valence-corrected chi connectivity index (χ2v) is 11.1. The number of hydrogen-bond donors (Lipinski definition) is 3. The van der Waals surface area contributed by atoms with E-state index in [1.54, 1.807) is 35.8 Å². The lowest BCUT2D eigenvalue weighted by Crippen LogP contribution is -2.46. The number of methoxy groups -OCH3 is 1. The second kappa shape index (κ2) is 11.5. The predicted molar refractivity (Wildman–Crippen MR) is 150 cm³/mol. The topological polar surface area (TPSA) is 82.9 Å². The van der Waals surface area contributed by atoms with Crippen molar-refractivity contribution in [2.75, 3.05) is 51.5 Å². The van der Waals surface area contributed by atoms with Crippen LogP contribution in [-0.4, -0.2) is 78.7 Å². The maximum Gasteiger partial charge on any atom is 0.298 e. The summed E-state index contributed by atoms with van der Waals surface area (Å²) in [5, 5.41) is 10.6. The molecule has 2 aromatic heterocycles. The van der Waals surface area contributed by atoms with Gasteiger partial charge in [-0.1, -0.05) is 12.0 Å². The number of nitrogens with one attached hydrogen (secondary N) is 3. The predicted octanol–water partition coefficient (Wildman–Crippen LogP) is 4.25. The lowest BCUT2D eigenvalue weighted by atomic mass is 10.0. The van der Waals surface area contributed by atoms with E-state index in [1.165, 1.54) is 7.11 Å². The average Bonchev–Trinajstić information content (AvgIpc) is 3.21. The molecule has 40 heavy (non-hydrogen) atoms. The number of carbonyl (C=O) groups is 1. The Hall–Kier alpha value is -3.56. The highest BCUT2D eigenvalue weighted by atomic mass is 32.2. The van der Waals surface area contributed by atoms with Crippen molar-refractivity contribution in [3.8, 4) is 17.6 Å². The number of pyridine rings is 1. The summed E-state index contributed by atoms with van der Waals surface area (Å²) in [7, 11) is 4.96.